The molecule has 0 fully saturated rings. The molecule has 0 aliphatic rings. The lowest BCUT2D eigenvalue weighted by Crippen LogP contribution is -2.06. The van der Waals surface area contributed by atoms with Crippen LogP contribution >= 0.6 is 38.9 Å². The number of anilines is 1. The van der Waals surface area contributed by atoms with Crippen LogP contribution in [0.4, 0.5) is 5.69 Å². The summed E-state index contributed by atoms with van der Waals surface area (Å²) < 4.78 is 1.02. The van der Waals surface area contributed by atoms with Crippen molar-refractivity contribution in [1.29, 1.82) is 5.26 Å². The molecule has 0 bridgehead atoms. The quantitative estimate of drug-likeness (QED) is 0.875. The van der Waals surface area contributed by atoms with Gasteiger partial charge in [-0.05, 0) is 52.3 Å². The van der Waals surface area contributed by atoms with E-state index in [0.717, 1.165) is 14.4 Å². The SMILES string of the molecule is N#CC(Nc1ccc(Cl)cc1)c1ccc(Br)s1. The van der Waals surface area contributed by atoms with E-state index in [1.54, 1.807) is 23.5 Å². The van der Waals surface area contributed by atoms with E-state index in [0.29, 0.717) is 5.02 Å². The Hall–Kier alpha value is -1.02. The zero-order chi connectivity index (χ0) is 12.3. The highest BCUT2D eigenvalue weighted by Gasteiger charge is 2.12. The number of nitriles is 1. The second kappa shape index (κ2) is 5.54. The monoisotopic (exact) mass is 326 g/mol. The Kier molecular flexibility index (Phi) is 4.06. The summed E-state index contributed by atoms with van der Waals surface area (Å²) >= 11 is 10.7. The molecule has 2 rings (SSSR count). The maximum Gasteiger partial charge on any atom is 0.149 e. The Bertz CT molecular complexity index is 544. The van der Waals surface area contributed by atoms with Gasteiger partial charge in [-0.25, -0.2) is 0 Å². The maximum absolute atomic E-state index is 9.16. The number of nitrogens with zero attached hydrogens (tertiary/aromatic N) is 1. The molecular formula is C12H8BrClN2S. The predicted molar refractivity (Wildman–Crippen MR) is 75.4 cm³/mol. The molecule has 0 spiro atoms. The highest BCUT2D eigenvalue weighted by molar-refractivity contribution is 9.11. The van der Waals surface area contributed by atoms with E-state index in [1.165, 1.54) is 0 Å². The summed E-state index contributed by atoms with van der Waals surface area (Å²) in [4.78, 5) is 0.981. The predicted octanol–water partition coefficient (Wildman–Crippen LogP) is 4.84. The second-order valence-corrected chi connectivity index (χ2v) is 6.29. The number of rotatable bonds is 3. The van der Waals surface area contributed by atoms with Crippen molar-refractivity contribution in [2.45, 2.75) is 6.04 Å². The van der Waals surface area contributed by atoms with Gasteiger partial charge in [0.1, 0.15) is 6.04 Å². The summed E-state index contributed by atoms with van der Waals surface area (Å²) in [5.41, 5.74) is 0.880. The minimum absolute atomic E-state index is 0.340. The van der Waals surface area contributed by atoms with Crippen LogP contribution in [-0.2, 0) is 0 Å². The van der Waals surface area contributed by atoms with Gasteiger partial charge in [-0.15, -0.1) is 11.3 Å². The zero-order valence-electron chi connectivity index (χ0n) is 8.65. The Balaban J connectivity index is 2.16. The lowest BCUT2D eigenvalue weighted by molar-refractivity contribution is 1.03. The van der Waals surface area contributed by atoms with Gasteiger partial charge in [-0.2, -0.15) is 5.26 Å². The Morgan fingerprint density at radius 2 is 1.94 bits per heavy atom. The second-order valence-electron chi connectivity index (χ2n) is 3.36. The van der Waals surface area contributed by atoms with Crippen molar-refractivity contribution in [3.05, 3.63) is 50.1 Å². The molecule has 0 saturated carbocycles. The van der Waals surface area contributed by atoms with E-state index in [-0.39, 0.29) is 6.04 Å². The van der Waals surface area contributed by atoms with Crippen LogP contribution in [0.5, 0.6) is 0 Å². The van der Waals surface area contributed by atoms with E-state index in [4.69, 9.17) is 16.9 Å². The minimum Gasteiger partial charge on any atom is -0.366 e. The smallest absolute Gasteiger partial charge is 0.149 e. The molecular weight excluding hydrogens is 320 g/mol. The zero-order valence-corrected chi connectivity index (χ0v) is 11.8. The summed E-state index contributed by atoms with van der Waals surface area (Å²) in [6.45, 7) is 0. The molecule has 0 amide bonds. The fourth-order valence-electron chi connectivity index (χ4n) is 1.36. The van der Waals surface area contributed by atoms with Gasteiger partial charge in [-0.3, -0.25) is 0 Å². The summed E-state index contributed by atoms with van der Waals surface area (Å²) in [5, 5.41) is 13.0. The summed E-state index contributed by atoms with van der Waals surface area (Å²) in [6, 6.07) is 13.1. The molecule has 1 unspecified atom stereocenters. The molecule has 17 heavy (non-hydrogen) atoms. The van der Waals surface area contributed by atoms with Gasteiger partial charge < -0.3 is 5.32 Å². The normalized spacial score (nSPS) is 11.8. The first-order chi connectivity index (χ1) is 8.19. The first-order valence-corrected chi connectivity index (χ1v) is 6.85. The van der Waals surface area contributed by atoms with E-state index in [1.807, 2.05) is 24.3 Å². The molecule has 5 heteroatoms. The van der Waals surface area contributed by atoms with Crippen molar-refractivity contribution < 1.29 is 0 Å². The minimum atomic E-state index is -0.340. The number of hydrogen-bond acceptors (Lipinski definition) is 3. The van der Waals surface area contributed by atoms with Crippen LogP contribution in [0.3, 0.4) is 0 Å². The van der Waals surface area contributed by atoms with Crippen LogP contribution in [0.25, 0.3) is 0 Å². The third-order valence-electron chi connectivity index (χ3n) is 2.16. The van der Waals surface area contributed by atoms with Gasteiger partial charge in [0.15, 0.2) is 0 Å². The van der Waals surface area contributed by atoms with E-state index >= 15 is 0 Å². The lowest BCUT2D eigenvalue weighted by Gasteiger charge is -2.11. The molecule has 0 saturated heterocycles. The van der Waals surface area contributed by atoms with Crippen molar-refractivity contribution in [3.63, 3.8) is 0 Å². The van der Waals surface area contributed by atoms with Gasteiger partial charge in [0.25, 0.3) is 0 Å². The van der Waals surface area contributed by atoms with E-state index in [9.17, 15) is 0 Å². The average Bonchev–Trinajstić information content (AvgIpc) is 2.75. The standard InChI is InChI=1S/C12H8BrClN2S/c13-12-6-5-11(17-12)10(7-15)16-9-3-1-8(14)2-4-9/h1-6,10,16H. The Morgan fingerprint density at radius 1 is 1.24 bits per heavy atom. The summed E-state index contributed by atoms with van der Waals surface area (Å²) in [6.07, 6.45) is 0. The molecule has 1 aromatic carbocycles. The largest absolute Gasteiger partial charge is 0.366 e. The van der Waals surface area contributed by atoms with Gasteiger partial charge >= 0.3 is 0 Å². The van der Waals surface area contributed by atoms with Crippen LogP contribution in [0.1, 0.15) is 10.9 Å². The maximum atomic E-state index is 9.16. The molecule has 86 valence electrons. The van der Waals surface area contributed by atoms with Crippen LogP contribution in [0.2, 0.25) is 5.02 Å². The fourth-order valence-corrected chi connectivity index (χ4v) is 2.91. The number of halogens is 2. The molecule has 2 nitrogen and oxygen atoms in total. The van der Waals surface area contributed by atoms with Gasteiger partial charge in [-0.1, -0.05) is 11.6 Å². The first kappa shape index (κ1) is 12.4. The van der Waals surface area contributed by atoms with Crippen molar-refractivity contribution in [3.8, 4) is 6.07 Å². The van der Waals surface area contributed by atoms with Crippen molar-refractivity contribution >= 4 is 44.6 Å². The lowest BCUT2D eigenvalue weighted by atomic mass is 10.2. The first-order valence-electron chi connectivity index (χ1n) is 4.86. The molecule has 0 radical (unpaired) electrons. The van der Waals surface area contributed by atoms with Crippen LogP contribution in [0.15, 0.2) is 40.2 Å². The Morgan fingerprint density at radius 3 is 2.47 bits per heavy atom. The van der Waals surface area contributed by atoms with Gasteiger partial charge in [0.2, 0.25) is 0 Å². The highest BCUT2D eigenvalue weighted by Crippen LogP contribution is 2.29. The molecule has 1 heterocycles. The number of thiophene rings is 1. The van der Waals surface area contributed by atoms with Crippen LogP contribution < -0.4 is 5.32 Å². The van der Waals surface area contributed by atoms with Gasteiger partial charge in [0.05, 0.1) is 9.86 Å². The molecule has 1 atom stereocenters. The van der Waals surface area contributed by atoms with Crippen LogP contribution in [0, 0.1) is 11.3 Å². The van der Waals surface area contributed by atoms with Gasteiger partial charge in [0, 0.05) is 15.6 Å². The third-order valence-corrected chi connectivity index (χ3v) is 4.10. The van der Waals surface area contributed by atoms with Crippen molar-refractivity contribution in [1.82, 2.24) is 0 Å². The van der Waals surface area contributed by atoms with E-state index in [2.05, 4.69) is 27.3 Å². The van der Waals surface area contributed by atoms with Crippen molar-refractivity contribution in [2.75, 3.05) is 5.32 Å². The number of nitrogens with one attached hydrogen (secondary N) is 1. The fraction of sp³-hybridized carbons (Fsp3) is 0.0833. The molecule has 1 N–H and O–H groups in total. The third kappa shape index (κ3) is 3.22. The topological polar surface area (TPSA) is 35.8 Å². The molecule has 0 aliphatic heterocycles. The molecule has 1 aromatic heterocycles. The summed E-state index contributed by atoms with van der Waals surface area (Å²) in [5.74, 6) is 0. The molecule has 2 aromatic rings. The number of hydrogen-bond donors (Lipinski definition) is 1. The van der Waals surface area contributed by atoms with E-state index < -0.39 is 0 Å². The average molecular weight is 328 g/mol. The van der Waals surface area contributed by atoms with Crippen LogP contribution in [-0.4, -0.2) is 0 Å². The Labute approximate surface area is 117 Å². The highest BCUT2D eigenvalue weighted by atomic mass is 79.9. The molecule has 0 aliphatic carbocycles. The summed E-state index contributed by atoms with van der Waals surface area (Å²) in [7, 11) is 0. The number of benzene rings is 1. The van der Waals surface area contributed by atoms with Crippen molar-refractivity contribution in [2.24, 2.45) is 0 Å².